The fraction of sp³-hybridized carbons (Fsp3) is 0.767. The van der Waals surface area contributed by atoms with E-state index < -0.39 is 11.0 Å². The van der Waals surface area contributed by atoms with Crippen LogP contribution < -0.4 is 4.74 Å². The van der Waals surface area contributed by atoms with Gasteiger partial charge in [0.25, 0.3) is 0 Å². The minimum absolute atomic E-state index is 0.0780. The second kappa shape index (κ2) is 8.36. The number of nitrogens with zero attached hydrogens (tertiary/aromatic N) is 2. The van der Waals surface area contributed by atoms with E-state index in [9.17, 15) is 15.0 Å². The summed E-state index contributed by atoms with van der Waals surface area (Å²) in [7, 11) is 1.95. The normalized spacial score (nSPS) is 37.3. The molecule has 0 radical (unpaired) electrons. The van der Waals surface area contributed by atoms with Crippen molar-refractivity contribution in [2.24, 2.45) is 11.8 Å². The molecule has 3 saturated carbocycles. The SMILES string of the molecule is CN(C(=O)CCC1CCCCC1)[C@H]1CC[C@@]2(O)[C@@H]3Cc4ccc(O)c5c4[C@@]2(CCN3CC2CC2)[C@H]1O5. The van der Waals surface area contributed by atoms with E-state index in [0.29, 0.717) is 24.5 Å². The Morgan fingerprint density at radius 3 is 2.69 bits per heavy atom. The van der Waals surface area contributed by atoms with Crippen molar-refractivity contribution in [3.8, 4) is 11.5 Å². The van der Waals surface area contributed by atoms with Crippen molar-refractivity contribution < 1.29 is 19.7 Å². The lowest BCUT2D eigenvalue weighted by molar-refractivity contribution is -0.200. The maximum Gasteiger partial charge on any atom is 0.222 e. The summed E-state index contributed by atoms with van der Waals surface area (Å²) in [6.07, 6.45) is 13.4. The van der Waals surface area contributed by atoms with Gasteiger partial charge < -0.3 is 19.8 Å². The third kappa shape index (κ3) is 3.25. The Hall–Kier alpha value is -1.79. The van der Waals surface area contributed by atoms with Crippen LogP contribution in [0.4, 0.5) is 0 Å². The summed E-state index contributed by atoms with van der Waals surface area (Å²) in [5, 5.41) is 23.4. The lowest BCUT2D eigenvalue weighted by atomic mass is 9.48. The molecule has 4 aliphatic carbocycles. The Kier molecular flexibility index (Phi) is 5.42. The highest BCUT2D eigenvalue weighted by Crippen LogP contribution is 2.66. The minimum Gasteiger partial charge on any atom is -0.504 e. The van der Waals surface area contributed by atoms with Crippen LogP contribution in [-0.2, 0) is 16.6 Å². The lowest BCUT2D eigenvalue weighted by Crippen LogP contribution is -2.78. The molecule has 6 heteroatoms. The molecule has 2 heterocycles. The number of hydrogen-bond donors (Lipinski definition) is 2. The van der Waals surface area contributed by atoms with E-state index in [1.807, 2.05) is 11.9 Å². The van der Waals surface area contributed by atoms with Gasteiger partial charge in [0.1, 0.15) is 6.10 Å². The van der Waals surface area contributed by atoms with Gasteiger partial charge in [-0.2, -0.15) is 0 Å². The van der Waals surface area contributed by atoms with E-state index in [0.717, 1.165) is 50.3 Å². The molecule has 2 N–H and O–H groups in total. The number of aromatic hydroxyl groups is 1. The molecule has 0 aromatic heterocycles. The molecular formula is C30H42N2O4. The first-order valence-electron chi connectivity index (χ1n) is 14.7. The van der Waals surface area contributed by atoms with Crippen molar-refractivity contribution in [3.05, 3.63) is 23.3 Å². The molecule has 6 nitrogen and oxygen atoms in total. The number of amides is 1. The first kappa shape index (κ1) is 23.3. The minimum atomic E-state index is -0.890. The Morgan fingerprint density at radius 1 is 1.11 bits per heavy atom. The standard InChI is InChI=1S/C30H42N2O4/c1-31(25(34)12-9-19-5-3-2-4-6-19)22-13-14-30(35)24-17-21-10-11-23(33)27-26(21)29(30,28(22)36-27)15-16-32(24)18-20-7-8-20/h10-11,19-20,22,24,28,33,35H,2-9,12-18H2,1H3/t22-,24-,28-,29-,30+/m0/s1. The Morgan fingerprint density at radius 2 is 1.92 bits per heavy atom. The van der Waals surface area contributed by atoms with Gasteiger partial charge in [-0.25, -0.2) is 0 Å². The zero-order valence-electron chi connectivity index (χ0n) is 21.8. The highest BCUT2D eigenvalue weighted by molar-refractivity contribution is 5.76. The van der Waals surface area contributed by atoms with E-state index in [4.69, 9.17) is 4.74 Å². The smallest absolute Gasteiger partial charge is 0.222 e. The summed E-state index contributed by atoms with van der Waals surface area (Å²) >= 11 is 0. The topological polar surface area (TPSA) is 73.2 Å². The third-order valence-electron chi connectivity index (χ3n) is 11.1. The van der Waals surface area contributed by atoms with Gasteiger partial charge in [-0.15, -0.1) is 0 Å². The van der Waals surface area contributed by atoms with Crippen molar-refractivity contribution in [3.63, 3.8) is 0 Å². The molecular weight excluding hydrogens is 452 g/mol. The molecule has 1 spiro atoms. The van der Waals surface area contributed by atoms with Gasteiger partial charge in [-0.3, -0.25) is 9.69 Å². The highest BCUT2D eigenvalue weighted by Gasteiger charge is 2.73. The van der Waals surface area contributed by atoms with Crippen LogP contribution in [0.2, 0.25) is 0 Å². The molecule has 1 aromatic carbocycles. The average molecular weight is 495 g/mol. The number of aliphatic hydroxyl groups is 1. The zero-order valence-corrected chi connectivity index (χ0v) is 21.8. The summed E-state index contributed by atoms with van der Waals surface area (Å²) in [5.74, 6) is 2.41. The van der Waals surface area contributed by atoms with Crippen LogP contribution in [0.25, 0.3) is 0 Å². The summed E-state index contributed by atoms with van der Waals surface area (Å²) < 4.78 is 6.66. The molecule has 2 aliphatic heterocycles. The molecule has 1 amide bonds. The number of piperidine rings is 1. The van der Waals surface area contributed by atoms with Gasteiger partial charge in [-0.05, 0) is 75.0 Å². The van der Waals surface area contributed by atoms with Crippen LogP contribution in [0.3, 0.4) is 0 Å². The van der Waals surface area contributed by atoms with E-state index in [1.165, 1.54) is 50.5 Å². The lowest BCUT2D eigenvalue weighted by Gasteiger charge is -2.64. The van der Waals surface area contributed by atoms with E-state index in [2.05, 4.69) is 11.0 Å². The summed E-state index contributed by atoms with van der Waals surface area (Å²) in [5.41, 5.74) is 0.817. The number of ether oxygens (including phenoxy) is 1. The van der Waals surface area contributed by atoms with Crippen LogP contribution in [0.1, 0.15) is 88.2 Å². The quantitative estimate of drug-likeness (QED) is 0.622. The molecule has 1 saturated heterocycles. The summed E-state index contributed by atoms with van der Waals surface area (Å²) in [4.78, 5) is 18.0. The number of carbonyl (C=O) groups excluding carboxylic acids is 1. The van der Waals surface area contributed by atoms with Gasteiger partial charge in [-0.1, -0.05) is 38.2 Å². The second-order valence-electron chi connectivity index (χ2n) is 12.9. The second-order valence-corrected chi connectivity index (χ2v) is 12.9. The fourth-order valence-corrected chi connectivity index (χ4v) is 9.02. The van der Waals surface area contributed by atoms with Gasteiger partial charge in [0.05, 0.1) is 17.1 Å². The van der Waals surface area contributed by atoms with Crippen LogP contribution in [0.15, 0.2) is 12.1 Å². The Bertz CT molecular complexity index is 1050. The third-order valence-corrected chi connectivity index (χ3v) is 11.1. The predicted molar refractivity (Wildman–Crippen MR) is 137 cm³/mol. The fourth-order valence-electron chi connectivity index (χ4n) is 9.02. The van der Waals surface area contributed by atoms with E-state index in [1.54, 1.807) is 6.07 Å². The van der Waals surface area contributed by atoms with Crippen molar-refractivity contribution in [1.29, 1.82) is 0 Å². The predicted octanol–water partition coefficient (Wildman–Crippen LogP) is 4.14. The summed E-state index contributed by atoms with van der Waals surface area (Å²) in [6, 6.07) is 3.81. The highest BCUT2D eigenvalue weighted by atomic mass is 16.5. The van der Waals surface area contributed by atoms with Crippen LogP contribution in [0.5, 0.6) is 11.5 Å². The number of carbonyl (C=O) groups is 1. The Labute approximate surface area is 215 Å². The number of likely N-dealkylation sites (tertiary alicyclic amines) is 1. The van der Waals surface area contributed by atoms with Crippen LogP contribution in [-0.4, -0.2) is 69.8 Å². The van der Waals surface area contributed by atoms with E-state index >= 15 is 0 Å². The first-order valence-corrected chi connectivity index (χ1v) is 14.7. The maximum atomic E-state index is 13.5. The summed E-state index contributed by atoms with van der Waals surface area (Å²) in [6.45, 7) is 2.03. The number of benzene rings is 1. The molecule has 7 rings (SSSR count). The van der Waals surface area contributed by atoms with Gasteiger partial charge in [0, 0.05) is 31.6 Å². The van der Waals surface area contributed by atoms with Crippen molar-refractivity contribution >= 4 is 5.91 Å². The first-order chi connectivity index (χ1) is 17.4. The van der Waals surface area contributed by atoms with Gasteiger partial charge in [0.2, 0.25) is 5.91 Å². The van der Waals surface area contributed by atoms with Crippen LogP contribution >= 0.6 is 0 Å². The van der Waals surface area contributed by atoms with Gasteiger partial charge >= 0.3 is 0 Å². The van der Waals surface area contributed by atoms with Gasteiger partial charge in [0.15, 0.2) is 11.5 Å². The number of rotatable bonds is 6. The molecule has 1 aromatic rings. The molecule has 36 heavy (non-hydrogen) atoms. The molecule has 196 valence electrons. The largest absolute Gasteiger partial charge is 0.504 e. The molecule has 5 atom stereocenters. The average Bonchev–Trinajstić information content (AvgIpc) is 3.63. The Balaban J connectivity index is 1.20. The van der Waals surface area contributed by atoms with E-state index in [-0.39, 0.29) is 29.8 Å². The number of likely N-dealkylation sites (N-methyl/N-ethyl adjacent to an activating group) is 1. The monoisotopic (exact) mass is 494 g/mol. The molecule has 2 bridgehead atoms. The number of hydrogen-bond acceptors (Lipinski definition) is 5. The van der Waals surface area contributed by atoms with Crippen LogP contribution in [0, 0.1) is 11.8 Å². The number of phenols is 1. The van der Waals surface area contributed by atoms with Crippen molar-refractivity contribution in [2.75, 3.05) is 20.1 Å². The molecule has 0 unspecified atom stereocenters. The van der Waals surface area contributed by atoms with Crippen molar-refractivity contribution in [2.45, 2.75) is 113 Å². The maximum absolute atomic E-state index is 13.5. The number of phenolic OH excluding ortho intramolecular Hbond substituents is 1. The molecule has 6 aliphatic rings. The molecule has 4 fully saturated rings. The zero-order chi connectivity index (χ0) is 24.7. The van der Waals surface area contributed by atoms with Crippen molar-refractivity contribution in [1.82, 2.24) is 9.80 Å².